The SMILES string of the molecule is CSCCCCCCNCC(F)(F)c1ccccc1. The molecule has 0 amide bonds. The zero-order valence-electron chi connectivity index (χ0n) is 11.5. The maximum Gasteiger partial charge on any atom is 0.285 e. The zero-order chi connectivity index (χ0) is 14.0. The molecule has 0 atom stereocenters. The normalized spacial score (nSPS) is 11.7. The molecule has 0 aliphatic carbocycles. The third-order valence-electron chi connectivity index (χ3n) is 3.00. The predicted octanol–water partition coefficient (Wildman–Crippen LogP) is 4.29. The molecule has 0 bridgehead atoms. The van der Waals surface area contributed by atoms with Gasteiger partial charge in [-0.2, -0.15) is 20.5 Å². The molecule has 0 heterocycles. The molecule has 0 saturated heterocycles. The lowest BCUT2D eigenvalue weighted by atomic mass is 10.1. The van der Waals surface area contributed by atoms with E-state index in [0.29, 0.717) is 6.54 Å². The van der Waals surface area contributed by atoms with Crippen LogP contribution in [-0.4, -0.2) is 25.1 Å². The van der Waals surface area contributed by atoms with Gasteiger partial charge in [0.05, 0.1) is 6.54 Å². The van der Waals surface area contributed by atoms with Crippen molar-refractivity contribution in [3.05, 3.63) is 35.9 Å². The van der Waals surface area contributed by atoms with Gasteiger partial charge in [-0.15, -0.1) is 0 Å². The van der Waals surface area contributed by atoms with Gasteiger partial charge in [0.2, 0.25) is 0 Å². The second-order valence-electron chi connectivity index (χ2n) is 4.65. The predicted molar refractivity (Wildman–Crippen MR) is 80.1 cm³/mol. The molecule has 19 heavy (non-hydrogen) atoms. The summed E-state index contributed by atoms with van der Waals surface area (Å²) in [5, 5.41) is 2.86. The van der Waals surface area contributed by atoms with E-state index < -0.39 is 5.92 Å². The van der Waals surface area contributed by atoms with Gasteiger partial charge in [-0.1, -0.05) is 43.2 Å². The second kappa shape index (κ2) is 9.32. The second-order valence-corrected chi connectivity index (χ2v) is 5.64. The van der Waals surface area contributed by atoms with Gasteiger partial charge in [0.25, 0.3) is 5.92 Å². The number of unbranched alkanes of at least 4 members (excludes halogenated alkanes) is 3. The molecule has 0 aliphatic heterocycles. The van der Waals surface area contributed by atoms with Gasteiger partial charge in [0, 0.05) is 5.56 Å². The van der Waals surface area contributed by atoms with Crippen LogP contribution in [0.3, 0.4) is 0 Å². The Balaban J connectivity index is 2.12. The van der Waals surface area contributed by atoms with E-state index >= 15 is 0 Å². The summed E-state index contributed by atoms with van der Waals surface area (Å²) in [5.74, 6) is -1.58. The minimum atomic E-state index is -2.78. The van der Waals surface area contributed by atoms with E-state index in [-0.39, 0.29) is 12.1 Å². The van der Waals surface area contributed by atoms with Gasteiger partial charge in [0.1, 0.15) is 0 Å². The Morgan fingerprint density at radius 2 is 1.74 bits per heavy atom. The van der Waals surface area contributed by atoms with Crippen molar-refractivity contribution in [1.82, 2.24) is 5.32 Å². The van der Waals surface area contributed by atoms with Crippen molar-refractivity contribution in [3.63, 3.8) is 0 Å². The van der Waals surface area contributed by atoms with Gasteiger partial charge >= 0.3 is 0 Å². The van der Waals surface area contributed by atoms with E-state index in [4.69, 9.17) is 0 Å². The summed E-state index contributed by atoms with van der Waals surface area (Å²) in [6.07, 6.45) is 6.61. The minimum absolute atomic E-state index is 0.0856. The van der Waals surface area contributed by atoms with E-state index in [2.05, 4.69) is 11.6 Å². The number of nitrogens with one attached hydrogen (secondary N) is 1. The Bertz CT molecular complexity index is 330. The molecule has 0 radical (unpaired) electrons. The smallest absolute Gasteiger partial charge is 0.285 e. The number of thioether (sulfide) groups is 1. The molecule has 0 aromatic heterocycles. The molecule has 0 spiro atoms. The Hall–Kier alpha value is -0.610. The number of hydrogen-bond donors (Lipinski definition) is 1. The fourth-order valence-electron chi connectivity index (χ4n) is 1.88. The summed E-state index contributed by atoms with van der Waals surface area (Å²) < 4.78 is 27.5. The van der Waals surface area contributed by atoms with E-state index in [1.165, 1.54) is 30.7 Å². The average Bonchev–Trinajstić information content (AvgIpc) is 2.43. The van der Waals surface area contributed by atoms with Gasteiger partial charge in [0.15, 0.2) is 0 Å². The monoisotopic (exact) mass is 287 g/mol. The van der Waals surface area contributed by atoms with Crippen LogP contribution in [0.25, 0.3) is 0 Å². The van der Waals surface area contributed by atoms with Gasteiger partial charge in [-0.3, -0.25) is 0 Å². The number of benzene rings is 1. The van der Waals surface area contributed by atoms with Gasteiger partial charge in [-0.05, 0) is 31.4 Å². The van der Waals surface area contributed by atoms with E-state index in [9.17, 15) is 8.78 Å². The Kier molecular flexibility index (Phi) is 8.07. The average molecular weight is 287 g/mol. The lowest BCUT2D eigenvalue weighted by Crippen LogP contribution is -2.31. The van der Waals surface area contributed by atoms with Gasteiger partial charge < -0.3 is 5.32 Å². The van der Waals surface area contributed by atoms with Crippen LogP contribution < -0.4 is 5.32 Å². The maximum atomic E-state index is 13.8. The van der Waals surface area contributed by atoms with Crippen molar-refractivity contribution >= 4 is 11.8 Å². The molecule has 1 rings (SSSR count). The Morgan fingerprint density at radius 1 is 1.05 bits per heavy atom. The van der Waals surface area contributed by atoms with Crippen LogP contribution >= 0.6 is 11.8 Å². The van der Waals surface area contributed by atoms with Crippen molar-refractivity contribution in [1.29, 1.82) is 0 Å². The highest BCUT2D eigenvalue weighted by atomic mass is 32.2. The number of halogens is 2. The molecular formula is C15H23F2NS. The van der Waals surface area contributed by atoms with Crippen LogP contribution in [0.1, 0.15) is 31.2 Å². The first kappa shape index (κ1) is 16.4. The van der Waals surface area contributed by atoms with Gasteiger partial charge in [-0.25, -0.2) is 0 Å². The highest BCUT2D eigenvalue weighted by molar-refractivity contribution is 7.98. The molecule has 0 unspecified atom stereocenters. The van der Waals surface area contributed by atoms with Crippen LogP contribution in [0.2, 0.25) is 0 Å². The molecule has 1 nitrogen and oxygen atoms in total. The molecule has 108 valence electrons. The van der Waals surface area contributed by atoms with Crippen LogP contribution in [0.15, 0.2) is 30.3 Å². The molecule has 0 fully saturated rings. The third-order valence-corrected chi connectivity index (χ3v) is 3.69. The van der Waals surface area contributed by atoms with E-state index in [1.807, 2.05) is 11.8 Å². The zero-order valence-corrected chi connectivity index (χ0v) is 12.3. The fraction of sp³-hybridized carbons (Fsp3) is 0.600. The van der Waals surface area contributed by atoms with Crippen molar-refractivity contribution in [2.24, 2.45) is 0 Å². The first-order chi connectivity index (χ1) is 9.17. The van der Waals surface area contributed by atoms with Crippen molar-refractivity contribution in [2.45, 2.75) is 31.6 Å². The summed E-state index contributed by atoms with van der Waals surface area (Å²) in [6.45, 7) is 0.392. The molecule has 1 N–H and O–H groups in total. The van der Waals surface area contributed by atoms with E-state index in [1.54, 1.807) is 18.2 Å². The van der Waals surface area contributed by atoms with Crippen LogP contribution in [0.5, 0.6) is 0 Å². The topological polar surface area (TPSA) is 12.0 Å². The van der Waals surface area contributed by atoms with E-state index in [0.717, 1.165) is 12.8 Å². The lowest BCUT2D eigenvalue weighted by molar-refractivity contribution is -0.00301. The summed E-state index contributed by atoms with van der Waals surface area (Å²) in [4.78, 5) is 0. The highest BCUT2D eigenvalue weighted by Gasteiger charge is 2.30. The molecular weight excluding hydrogens is 264 g/mol. The van der Waals surface area contributed by atoms with Crippen LogP contribution in [0, 0.1) is 0 Å². The molecule has 0 aliphatic rings. The first-order valence-electron chi connectivity index (χ1n) is 6.80. The number of rotatable bonds is 10. The van der Waals surface area contributed by atoms with Crippen molar-refractivity contribution in [2.75, 3.05) is 25.1 Å². The Labute approximate surface area is 119 Å². The van der Waals surface area contributed by atoms with Crippen LogP contribution in [-0.2, 0) is 5.92 Å². The highest BCUT2D eigenvalue weighted by Crippen LogP contribution is 2.26. The molecule has 0 saturated carbocycles. The molecule has 1 aromatic rings. The maximum absolute atomic E-state index is 13.8. The molecule has 1 aromatic carbocycles. The standard InChI is InChI=1S/C15H23F2NS/c1-19-12-8-3-2-7-11-18-13-15(16,17)14-9-5-4-6-10-14/h4-6,9-10,18H,2-3,7-8,11-13H2,1H3. The third kappa shape index (κ3) is 6.92. The molecule has 4 heteroatoms. The summed E-state index contributed by atoms with van der Waals surface area (Å²) in [6, 6.07) is 8.00. The van der Waals surface area contributed by atoms with Crippen molar-refractivity contribution < 1.29 is 8.78 Å². The summed E-state index contributed by atoms with van der Waals surface area (Å²) in [5.41, 5.74) is 0.0856. The van der Waals surface area contributed by atoms with Crippen molar-refractivity contribution in [3.8, 4) is 0 Å². The number of alkyl halides is 2. The lowest BCUT2D eigenvalue weighted by Gasteiger charge is -2.17. The van der Waals surface area contributed by atoms with Crippen LogP contribution in [0.4, 0.5) is 8.78 Å². The Morgan fingerprint density at radius 3 is 2.42 bits per heavy atom. The summed E-state index contributed by atoms with van der Waals surface area (Å²) in [7, 11) is 0. The summed E-state index contributed by atoms with van der Waals surface area (Å²) >= 11 is 1.86. The first-order valence-corrected chi connectivity index (χ1v) is 8.19. The largest absolute Gasteiger partial charge is 0.311 e. The minimum Gasteiger partial charge on any atom is -0.311 e. The quantitative estimate of drug-likeness (QED) is 0.644. The fourth-order valence-corrected chi connectivity index (χ4v) is 2.37. The number of hydrogen-bond acceptors (Lipinski definition) is 2.